The Kier molecular flexibility index (Phi) is 4.73. The first-order valence-electron chi connectivity index (χ1n) is 10.2. The summed E-state index contributed by atoms with van der Waals surface area (Å²) in [7, 11) is 0. The molecule has 3 N–H and O–H groups in total. The summed E-state index contributed by atoms with van der Waals surface area (Å²) in [6, 6.07) is 6.78. The SMILES string of the molecule is CCCCNc1nnc(-c2cc(N)c3cc(C4CC4)cc(C(C)(C)C)c3n2)o1. The van der Waals surface area contributed by atoms with Gasteiger partial charge in [-0.2, -0.15) is 0 Å². The van der Waals surface area contributed by atoms with Crippen LogP contribution in [0.5, 0.6) is 0 Å². The van der Waals surface area contributed by atoms with Gasteiger partial charge in [0.05, 0.1) is 5.52 Å². The van der Waals surface area contributed by atoms with Gasteiger partial charge < -0.3 is 15.5 Å². The first kappa shape index (κ1) is 18.7. The minimum absolute atomic E-state index is 0.0388. The Morgan fingerprint density at radius 3 is 2.64 bits per heavy atom. The highest BCUT2D eigenvalue weighted by Crippen LogP contribution is 2.44. The highest BCUT2D eigenvalue weighted by atomic mass is 16.4. The second kappa shape index (κ2) is 7.08. The van der Waals surface area contributed by atoms with Crippen LogP contribution in [0, 0.1) is 0 Å². The number of nitrogens with zero attached hydrogens (tertiary/aromatic N) is 3. The molecule has 2 aromatic heterocycles. The normalized spacial score (nSPS) is 14.6. The Morgan fingerprint density at radius 1 is 1.18 bits per heavy atom. The van der Waals surface area contributed by atoms with Crippen LogP contribution in [0.3, 0.4) is 0 Å². The number of anilines is 2. The molecule has 0 aliphatic heterocycles. The van der Waals surface area contributed by atoms with E-state index in [0.29, 0.717) is 29.2 Å². The molecule has 0 bridgehead atoms. The Hall–Kier alpha value is -2.63. The molecule has 0 spiro atoms. The van der Waals surface area contributed by atoms with Gasteiger partial charge in [-0.3, -0.25) is 0 Å². The Morgan fingerprint density at radius 2 is 1.96 bits per heavy atom. The zero-order valence-corrected chi connectivity index (χ0v) is 17.2. The predicted octanol–water partition coefficient (Wildman–Crippen LogP) is 5.25. The van der Waals surface area contributed by atoms with Crippen molar-refractivity contribution in [1.82, 2.24) is 15.2 Å². The van der Waals surface area contributed by atoms with Crippen LogP contribution in [0.25, 0.3) is 22.5 Å². The van der Waals surface area contributed by atoms with Gasteiger partial charge >= 0.3 is 6.01 Å². The molecule has 4 rings (SSSR count). The molecule has 0 atom stereocenters. The van der Waals surface area contributed by atoms with Gasteiger partial charge in [0.1, 0.15) is 5.69 Å². The molecule has 0 unspecified atom stereocenters. The van der Waals surface area contributed by atoms with Crippen LogP contribution in [-0.2, 0) is 5.41 Å². The number of hydrogen-bond acceptors (Lipinski definition) is 6. The highest BCUT2D eigenvalue weighted by molar-refractivity contribution is 5.95. The van der Waals surface area contributed by atoms with E-state index in [0.717, 1.165) is 30.3 Å². The third-order valence-corrected chi connectivity index (χ3v) is 5.28. The average Bonchev–Trinajstić information content (AvgIpc) is 3.39. The lowest BCUT2D eigenvalue weighted by atomic mass is 9.83. The highest BCUT2D eigenvalue weighted by Gasteiger charge is 2.28. The zero-order chi connectivity index (χ0) is 19.9. The van der Waals surface area contributed by atoms with Crippen molar-refractivity contribution in [1.29, 1.82) is 0 Å². The van der Waals surface area contributed by atoms with E-state index >= 15 is 0 Å². The minimum Gasteiger partial charge on any atom is -0.402 e. The van der Waals surface area contributed by atoms with E-state index < -0.39 is 0 Å². The number of nitrogens with two attached hydrogens (primary N) is 1. The molecule has 1 fully saturated rings. The first-order valence-corrected chi connectivity index (χ1v) is 10.2. The van der Waals surface area contributed by atoms with Gasteiger partial charge in [0.2, 0.25) is 0 Å². The molecule has 2 heterocycles. The monoisotopic (exact) mass is 379 g/mol. The quantitative estimate of drug-likeness (QED) is 0.568. The van der Waals surface area contributed by atoms with Gasteiger partial charge in [-0.25, -0.2) is 4.98 Å². The van der Waals surface area contributed by atoms with Gasteiger partial charge in [-0.15, -0.1) is 5.10 Å². The third-order valence-electron chi connectivity index (χ3n) is 5.28. The van der Waals surface area contributed by atoms with E-state index in [1.165, 1.54) is 24.0 Å². The minimum atomic E-state index is -0.0388. The lowest BCUT2D eigenvalue weighted by molar-refractivity contribution is 0.576. The van der Waals surface area contributed by atoms with E-state index in [1.54, 1.807) is 0 Å². The van der Waals surface area contributed by atoms with Crippen molar-refractivity contribution in [3.63, 3.8) is 0 Å². The molecule has 148 valence electrons. The molecule has 0 radical (unpaired) electrons. The third kappa shape index (κ3) is 3.68. The Bertz CT molecular complexity index is 998. The molecule has 6 heteroatoms. The predicted molar refractivity (Wildman–Crippen MR) is 114 cm³/mol. The molecule has 0 amide bonds. The van der Waals surface area contributed by atoms with Crippen molar-refractivity contribution in [2.45, 2.75) is 64.7 Å². The van der Waals surface area contributed by atoms with Crippen molar-refractivity contribution >= 4 is 22.6 Å². The standard InChI is InChI=1S/C22H29N5O/c1-5-6-9-24-21-27-26-20(28-21)18-12-17(23)15-10-14(13-7-8-13)11-16(19(15)25-18)22(2,3)4/h10-13H,5-9H2,1-4H3,(H2,23,25)(H,24,27). The fraction of sp³-hybridized carbons (Fsp3) is 0.500. The summed E-state index contributed by atoms with van der Waals surface area (Å²) < 4.78 is 5.77. The fourth-order valence-electron chi connectivity index (χ4n) is 3.48. The first-order chi connectivity index (χ1) is 13.4. The maximum absolute atomic E-state index is 6.46. The summed E-state index contributed by atoms with van der Waals surface area (Å²) >= 11 is 0. The molecule has 1 aliphatic rings. The van der Waals surface area contributed by atoms with Crippen molar-refractivity contribution in [2.24, 2.45) is 0 Å². The number of hydrogen-bond donors (Lipinski definition) is 2. The van der Waals surface area contributed by atoms with Crippen LogP contribution in [0.1, 0.15) is 70.4 Å². The van der Waals surface area contributed by atoms with Crippen LogP contribution in [0.4, 0.5) is 11.7 Å². The van der Waals surface area contributed by atoms with Crippen LogP contribution in [-0.4, -0.2) is 21.7 Å². The van der Waals surface area contributed by atoms with E-state index in [1.807, 2.05) is 6.07 Å². The maximum atomic E-state index is 6.46. The van der Waals surface area contributed by atoms with E-state index in [2.05, 4.69) is 55.3 Å². The van der Waals surface area contributed by atoms with Crippen molar-refractivity contribution in [2.75, 3.05) is 17.6 Å². The molecular formula is C22H29N5O. The van der Waals surface area contributed by atoms with Gasteiger partial charge in [0, 0.05) is 17.6 Å². The molecule has 1 aromatic carbocycles. The summed E-state index contributed by atoms with van der Waals surface area (Å²) in [5, 5.41) is 12.4. The molecule has 0 saturated heterocycles. The molecule has 28 heavy (non-hydrogen) atoms. The number of nitrogen functional groups attached to an aromatic ring is 1. The zero-order valence-electron chi connectivity index (χ0n) is 17.2. The number of fused-ring (bicyclic) bond motifs is 1. The summed E-state index contributed by atoms with van der Waals surface area (Å²) in [6.07, 6.45) is 4.68. The molecule has 1 aliphatic carbocycles. The van der Waals surface area contributed by atoms with Gasteiger partial charge in [0.15, 0.2) is 0 Å². The molecular weight excluding hydrogens is 350 g/mol. The summed E-state index contributed by atoms with van der Waals surface area (Å²) in [4.78, 5) is 4.90. The number of pyridine rings is 1. The van der Waals surface area contributed by atoms with Gasteiger partial charge in [-0.1, -0.05) is 45.3 Å². The topological polar surface area (TPSA) is 89.9 Å². The van der Waals surface area contributed by atoms with Crippen molar-refractivity contribution in [3.8, 4) is 11.6 Å². The summed E-state index contributed by atoms with van der Waals surface area (Å²) in [5.74, 6) is 1.05. The molecule has 3 aromatic rings. The van der Waals surface area contributed by atoms with Crippen molar-refractivity contribution < 1.29 is 4.42 Å². The largest absolute Gasteiger partial charge is 0.402 e. The fourth-order valence-corrected chi connectivity index (χ4v) is 3.48. The number of aromatic nitrogens is 3. The van der Waals surface area contributed by atoms with Gasteiger partial charge in [-0.05, 0) is 53.9 Å². The maximum Gasteiger partial charge on any atom is 0.315 e. The van der Waals surface area contributed by atoms with Crippen LogP contribution >= 0.6 is 0 Å². The molecule has 6 nitrogen and oxygen atoms in total. The summed E-state index contributed by atoms with van der Waals surface area (Å²) in [5.41, 5.74) is 11.2. The van der Waals surface area contributed by atoms with Crippen LogP contribution < -0.4 is 11.1 Å². The van der Waals surface area contributed by atoms with Crippen LogP contribution in [0.2, 0.25) is 0 Å². The van der Waals surface area contributed by atoms with Gasteiger partial charge in [0.25, 0.3) is 5.89 Å². The number of rotatable bonds is 6. The number of benzene rings is 1. The summed E-state index contributed by atoms with van der Waals surface area (Å²) in [6.45, 7) is 9.59. The number of unbranched alkanes of at least 4 members (excludes halogenated alkanes) is 1. The molecule has 1 saturated carbocycles. The smallest absolute Gasteiger partial charge is 0.315 e. The van der Waals surface area contributed by atoms with E-state index in [4.69, 9.17) is 15.1 Å². The van der Waals surface area contributed by atoms with E-state index in [-0.39, 0.29) is 5.41 Å². The Balaban J connectivity index is 1.78. The average molecular weight is 380 g/mol. The van der Waals surface area contributed by atoms with Crippen molar-refractivity contribution in [3.05, 3.63) is 29.3 Å². The lowest BCUT2D eigenvalue weighted by Gasteiger charge is -2.23. The Labute approximate surface area is 165 Å². The van der Waals surface area contributed by atoms with E-state index in [9.17, 15) is 0 Å². The van der Waals surface area contributed by atoms with Crippen LogP contribution in [0.15, 0.2) is 22.6 Å². The lowest BCUT2D eigenvalue weighted by Crippen LogP contribution is -2.13. The second-order valence-electron chi connectivity index (χ2n) is 8.78. The second-order valence-corrected chi connectivity index (χ2v) is 8.78. The number of nitrogens with one attached hydrogen (secondary N) is 1.